The topological polar surface area (TPSA) is 87.9 Å². The van der Waals surface area contributed by atoms with Crippen LogP contribution in [0.5, 0.6) is 5.75 Å². The van der Waals surface area contributed by atoms with Crippen LogP contribution < -0.4 is 10.1 Å². The number of rotatable bonds is 9. The molecule has 0 atom stereocenters. The number of carbonyl (C=O) groups excluding carboxylic acids is 1. The molecule has 0 aliphatic carbocycles. The zero-order chi connectivity index (χ0) is 17.2. The molecule has 0 spiro atoms. The summed E-state index contributed by atoms with van der Waals surface area (Å²) < 4.78 is 6.77. The van der Waals surface area contributed by atoms with Gasteiger partial charge in [-0.3, -0.25) is 4.79 Å². The van der Waals surface area contributed by atoms with Crippen LogP contribution in [-0.4, -0.2) is 35.5 Å². The SMILES string of the molecule is COc1ccc(CSc2nnc(SCC(=O)NCCC#N)s2)cc1. The molecular formula is C15H16N4O2S3. The van der Waals surface area contributed by atoms with E-state index < -0.39 is 0 Å². The van der Waals surface area contributed by atoms with Crippen LogP contribution in [0.2, 0.25) is 0 Å². The van der Waals surface area contributed by atoms with Gasteiger partial charge in [0.2, 0.25) is 5.91 Å². The molecule has 0 fully saturated rings. The third-order valence-corrected chi connectivity index (χ3v) is 6.06. The predicted octanol–water partition coefficient (Wildman–Crippen LogP) is 2.96. The average Bonchev–Trinajstić information content (AvgIpc) is 3.07. The van der Waals surface area contributed by atoms with Gasteiger partial charge in [-0.1, -0.05) is 47.0 Å². The predicted molar refractivity (Wildman–Crippen MR) is 96.4 cm³/mol. The highest BCUT2D eigenvalue weighted by atomic mass is 32.2. The number of aromatic nitrogens is 2. The number of nitriles is 1. The molecule has 1 aromatic heterocycles. The lowest BCUT2D eigenvalue weighted by Gasteiger charge is -2.01. The van der Waals surface area contributed by atoms with E-state index in [1.807, 2.05) is 30.3 Å². The van der Waals surface area contributed by atoms with Crippen LogP contribution in [0, 0.1) is 11.3 Å². The first-order valence-electron chi connectivity index (χ1n) is 7.07. The average molecular weight is 381 g/mol. The normalized spacial score (nSPS) is 10.2. The summed E-state index contributed by atoms with van der Waals surface area (Å²) in [7, 11) is 1.65. The molecule has 0 bridgehead atoms. The van der Waals surface area contributed by atoms with Gasteiger partial charge in [-0.15, -0.1) is 10.2 Å². The van der Waals surface area contributed by atoms with E-state index in [0.717, 1.165) is 20.2 Å². The molecule has 0 aliphatic rings. The summed E-state index contributed by atoms with van der Waals surface area (Å²) in [6.45, 7) is 0.384. The van der Waals surface area contributed by atoms with Crippen LogP contribution >= 0.6 is 34.9 Å². The molecule has 0 saturated heterocycles. The lowest BCUT2D eigenvalue weighted by atomic mass is 10.2. The molecule has 1 N–H and O–H groups in total. The number of nitrogens with one attached hydrogen (secondary N) is 1. The first kappa shape index (κ1) is 18.6. The van der Waals surface area contributed by atoms with Crippen molar-refractivity contribution in [2.45, 2.75) is 20.9 Å². The second kappa shape index (κ2) is 10.2. The maximum Gasteiger partial charge on any atom is 0.230 e. The number of hydrogen-bond donors (Lipinski definition) is 1. The highest BCUT2D eigenvalue weighted by Crippen LogP contribution is 2.30. The molecule has 0 radical (unpaired) electrons. The molecule has 1 aromatic carbocycles. The van der Waals surface area contributed by atoms with E-state index >= 15 is 0 Å². The number of carbonyl (C=O) groups is 1. The highest BCUT2D eigenvalue weighted by Gasteiger charge is 2.08. The van der Waals surface area contributed by atoms with Crippen LogP contribution in [0.25, 0.3) is 0 Å². The third-order valence-electron chi connectivity index (χ3n) is 2.79. The first-order valence-corrected chi connectivity index (χ1v) is 9.85. The Bertz CT molecular complexity index is 697. The summed E-state index contributed by atoms with van der Waals surface area (Å²) in [5, 5.41) is 19.3. The minimum atomic E-state index is -0.0992. The van der Waals surface area contributed by atoms with E-state index in [4.69, 9.17) is 10.00 Å². The largest absolute Gasteiger partial charge is 0.497 e. The third kappa shape index (κ3) is 6.39. The molecule has 2 aromatic rings. The fourth-order valence-corrected chi connectivity index (χ4v) is 4.42. The maximum atomic E-state index is 11.6. The van der Waals surface area contributed by atoms with Crippen LogP contribution in [-0.2, 0) is 10.5 Å². The van der Waals surface area contributed by atoms with E-state index in [1.165, 1.54) is 28.7 Å². The lowest BCUT2D eigenvalue weighted by molar-refractivity contribution is -0.118. The Morgan fingerprint density at radius 2 is 2.00 bits per heavy atom. The van der Waals surface area contributed by atoms with Gasteiger partial charge in [0.1, 0.15) is 5.75 Å². The lowest BCUT2D eigenvalue weighted by Crippen LogP contribution is -2.25. The fourth-order valence-electron chi connectivity index (χ4n) is 1.62. The van der Waals surface area contributed by atoms with E-state index in [1.54, 1.807) is 18.9 Å². The second-order valence-corrected chi connectivity index (χ2v) is 7.94. The Kier molecular flexibility index (Phi) is 7.88. The second-order valence-electron chi connectivity index (χ2n) is 4.52. The first-order chi connectivity index (χ1) is 11.7. The monoisotopic (exact) mass is 380 g/mol. The van der Waals surface area contributed by atoms with E-state index in [0.29, 0.717) is 13.0 Å². The molecule has 6 nitrogen and oxygen atoms in total. The van der Waals surface area contributed by atoms with Crippen LogP contribution in [0.15, 0.2) is 32.9 Å². The van der Waals surface area contributed by atoms with E-state index in [9.17, 15) is 4.79 Å². The molecule has 9 heteroatoms. The summed E-state index contributed by atoms with van der Waals surface area (Å²) in [4.78, 5) is 11.6. The Hall–Kier alpha value is -1.76. The van der Waals surface area contributed by atoms with Crippen LogP contribution in [0.4, 0.5) is 0 Å². The maximum absolute atomic E-state index is 11.6. The van der Waals surface area contributed by atoms with Crippen molar-refractivity contribution in [3.8, 4) is 11.8 Å². The van der Waals surface area contributed by atoms with Gasteiger partial charge >= 0.3 is 0 Å². The molecule has 0 saturated carbocycles. The quantitative estimate of drug-likeness (QED) is 0.528. The van der Waals surface area contributed by atoms with Crippen molar-refractivity contribution in [3.05, 3.63) is 29.8 Å². The summed E-state index contributed by atoms with van der Waals surface area (Å²) >= 11 is 4.44. The van der Waals surface area contributed by atoms with Crippen LogP contribution in [0.1, 0.15) is 12.0 Å². The van der Waals surface area contributed by atoms with Gasteiger partial charge in [0.15, 0.2) is 8.68 Å². The standard InChI is InChI=1S/C15H16N4O2S3/c1-21-12-5-3-11(4-6-12)9-22-14-18-19-15(24-14)23-10-13(20)17-8-2-7-16/h3-6H,2,8-10H2,1H3,(H,17,20). The number of amides is 1. The van der Waals surface area contributed by atoms with Gasteiger partial charge in [0.25, 0.3) is 0 Å². The molecule has 0 unspecified atom stereocenters. The van der Waals surface area contributed by atoms with Crippen molar-refractivity contribution in [2.75, 3.05) is 19.4 Å². The van der Waals surface area contributed by atoms with Gasteiger partial charge in [-0.25, -0.2) is 0 Å². The summed E-state index contributed by atoms with van der Waals surface area (Å²) in [5.74, 6) is 1.82. The summed E-state index contributed by atoms with van der Waals surface area (Å²) in [6.07, 6.45) is 0.321. The minimum absolute atomic E-state index is 0.0992. The molecule has 0 aliphatic heterocycles. The molecular weight excluding hydrogens is 364 g/mol. The van der Waals surface area contributed by atoms with Gasteiger partial charge in [0, 0.05) is 12.3 Å². The smallest absolute Gasteiger partial charge is 0.230 e. The zero-order valence-corrected chi connectivity index (χ0v) is 15.5. The number of benzene rings is 1. The number of nitrogens with zero attached hydrogens (tertiary/aromatic N) is 3. The molecule has 24 heavy (non-hydrogen) atoms. The zero-order valence-electron chi connectivity index (χ0n) is 13.0. The van der Waals surface area contributed by atoms with Crippen molar-refractivity contribution < 1.29 is 9.53 Å². The van der Waals surface area contributed by atoms with Gasteiger partial charge < -0.3 is 10.1 Å². The van der Waals surface area contributed by atoms with Crippen molar-refractivity contribution in [1.82, 2.24) is 15.5 Å². The number of methoxy groups -OCH3 is 1. The summed E-state index contributed by atoms with van der Waals surface area (Å²) in [5.41, 5.74) is 1.18. The van der Waals surface area contributed by atoms with Crippen molar-refractivity contribution >= 4 is 40.8 Å². The Morgan fingerprint density at radius 1 is 1.29 bits per heavy atom. The molecule has 2 rings (SSSR count). The molecule has 1 amide bonds. The van der Waals surface area contributed by atoms with Crippen LogP contribution in [0.3, 0.4) is 0 Å². The highest BCUT2D eigenvalue weighted by molar-refractivity contribution is 8.03. The summed E-state index contributed by atoms with van der Waals surface area (Å²) in [6, 6.07) is 9.89. The Labute approximate surface area is 153 Å². The van der Waals surface area contributed by atoms with E-state index in [-0.39, 0.29) is 11.7 Å². The fraction of sp³-hybridized carbons (Fsp3) is 0.333. The number of hydrogen-bond acceptors (Lipinski definition) is 8. The molecule has 1 heterocycles. The number of ether oxygens (including phenoxy) is 1. The van der Waals surface area contributed by atoms with Gasteiger partial charge in [-0.2, -0.15) is 5.26 Å². The number of thioether (sulfide) groups is 2. The Balaban J connectivity index is 1.74. The van der Waals surface area contributed by atoms with Crippen molar-refractivity contribution in [1.29, 1.82) is 5.26 Å². The Morgan fingerprint density at radius 3 is 2.67 bits per heavy atom. The van der Waals surface area contributed by atoms with Crippen molar-refractivity contribution in [2.24, 2.45) is 0 Å². The van der Waals surface area contributed by atoms with E-state index in [2.05, 4.69) is 15.5 Å². The van der Waals surface area contributed by atoms with Crippen molar-refractivity contribution in [3.63, 3.8) is 0 Å². The van der Waals surface area contributed by atoms with Gasteiger partial charge in [-0.05, 0) is 17.7 Å². The molecule has 126 valence electrons. The van der Waals surface area contributed by atoms with Gasteiger partial charge in [0.05, 0.1) is 25.4 Å². The minimum Gasteiger partial charge on any atom is -0.497 e.